The average Bonchev–Trinajstić information content (AvgIpc) is 2.67. The van der Waals surface area contributed by atoms with E-state index in [1.165, 1.54) is 12.3 Å². The van der Waals surface area contributed by atoms with E-state index in [2.05, 4.69) is 10.1 Å². The number of pyridine rings is 1. The van der Waals surface area contributed by atoms with Crippen LogP contribution in [0.4, 0.5) is 0 Å². The lowest BCUT2D eigenvalue weighted by Gasteiger charge is -2.09. The maximum absolute atomic E-state index is 11.5. The van der Waals surface area contributed by atoms with Crippen molar-refractivity contribution in [3.8, 4) is 0 Å². The molecule has 0 aliphatic rings. The molecule has 0 unspecified atom stereocenters. The summed E-state index contributed by atoms with van der Waals surface area (Å²) in [5.41, 5.74) is -0.0841. The molecule has 0 radical (unpaired) electrons. The Bertz CT molecular complexity index is 657. The minimum atomic E-state index is -1.23. The van der Waals surface area contributed by atoms with E-state index < -0.39 is 11.4 Å². The average molecular weight is 248 g/mol. The number of aryl methyl sites for hydroxylation is 2. The topological polar surface area (TPSA) is 90.0 Å². The Balaban J connectivity index is 2.41. The van der Waals surface area contributed by atoms with Crippen molar-refractivity contribution in [1.82, 2.24) is 19.3 Å². The van der Waals surface area contributed by atoms with Gasteiger partial charge in [0.2, 0.25) is 0 Å². The molecular formula is C11H12N4O3. The molecule has 0 aromatic carbocycles. The summed E-state index contributed by atoms with van der Waals surface area (Å²) in [6.07, 6.45) is 2.88. The first-order chi connectivity index (χ1) is 8.47. The van der Waals surface area contributed by atoms with Crippen LogP contribution in [0.3, 0.4) is 0 Å². The fourth-order valence-electron chi connectivity index (χ4n) is 1.61. The van der Waals surface area contributed by atoms with E-state index in [-0.39, 0.29) is 5.56 Å². The van der Waals surface area contributed by atoms with Crippen LogP contribution in [0.2, 0.25) is 0 Å². The minimum absolute atomic E-state index is 0.253. The van der Waals surface area contributed by atoms with E-state index in [9.17, 15) is 9.59 Å². The standard InChI is InChI=1S/C11H12N4O3/c1-7-3-9(16)8(11(17)18)4-15(7)5-10-12-6-14(2)13-10/h3-4,6H,5H2,1-2H3,(H,17,18). The molecule has 0 amide bonds. The monoisotopic (exact) mass is 248 g/mol. The molecule has 0 atom stereocenters. The molecule has 1 N–H and O–H groups in total. The van der Waals surface area contributed by atoms with Crippen molar-refractivity contribution in [1.29, 1.82) is 0 Å². The molecule has 7 nitrogen and oxygen atoms in total. The molecule has 2 rings (SSSR count). The van der Waals surface area contributed by atoms with E-state index in [0.717, 1.165) is 0 Å². The Labute approximate surface area is 102 Å². The molecule has 7 heteroatoms. The normalized spacial score (nSPS) is 10.6. The zero-order chi connectivity index (χ0) is 13.3. The zero-order valence-electron chi connectivity index (χ0n) is 9.99. The highest BCUT2D eigenvalue weighted by Gasteiger charge is 2.11. The number of carboxylic acid groups (broad SMARTS) is 1. The van der Waals surface area contributed by atoms with Gasteiger partial charge in [0.1, 0.15) is 11.9 Å². The molecule has 0 aliphatic carbocycles. The second-order valence-corrected chi connectivity index (χ2v) is 3.96. The Hall–Kier alpha value is -2.44. The summed E-state index contributed by atoms with van der Waals surface area (Å²) in [6, 6.07) is 1.30. The molecule has 0 spiro atoms. The van der Waals surface area contributed by atoms with Gasteiger partial charge in [0, 0.05) is 25.0 Å². The number of rotatable bonds is 3. The van der Waals surface area contributed by atoms with Gasteiger partial charge in [-0.15, -0.1) is 0 Å². The zero-order valence-corrected chi connectivity index (χ0v) is 9.99. The van der Waals surface area contributed by atoms with Gasteiger partial charge in [0.15, 0.2) is 11.3 Å². The molecular weight excluding hydrogens is 236 g/mol. The van der Waals surface area contributed by atoms with E-state index in [0.29, 0.717) is 18.1 Å². The lowest BCUT2D eigenvalue weighted by Crippen LogP contribution is -2.19. The van der Waals surface area contributed by atoms with E-state index >= 15 is 0 Å². The fourth-order valence-corrected chi connectivity index (χ4v) is 1.61. The molecule has 0 saturated carbocycles. The number of aromatic nitrogens is 4. The SMILES string of the molecule is Cc1cc(=O)c(C(=O)O)cn1Cc1ncn(C)n1. The smallest absolute Gasteiger partial charge is 0.341 e. The van der Waals surface area contributed by atoms with Crippen LogP contribution >= 0.6 is 0 Å². The molecule has 0 fully saturated rings. The number of carbonyl (C=O) groups is 1. The Morgan fingerprint density at radius 3 is 2.78 bits per heavy atom. The Kier molecular flexibility index (Phi) is 2.97. The summed E-state index contributed by atoms with van der Waals surface area (Å²) in [7, 11) is 1.75. The Morgan fingerprint density at radius 2 is 2.22 bits per heavy atom. The number of nitrogens with zero attached hydrogens (tertiary/aromatic N) is 4. The first-order valence-corrected chi connectivity index (χ1v) is 5.26. The van der Waals surface area contributed by atoms with Gasteiger partial charge in [-0.25, -0.2) is 9.78 Å². The second-order valence-electron chi connectivity index (χ2n) is 3.96. The summed E-state index contributed by atoms with van der Waals surface area (Å²) in [5, 5.41) is 13.0. The molecule has 18 heavy (non-hydrogen) atoms. The van der Waals surface area contributed by atoms with E-state index in [1.54, 1.807) is 29.5 Å². The maximum Gasteiger partial charge on any atom is 0.341 e. The van der Waals surface area contributed by atoms with Crippen molar-refractivity contribution >= 4 is 5.97 Å². The summed E-state index contributed by atoms with van der Waals surface area (Å²) < 4.78 is 3.20. The first kappa shape index (κ1) is 12.0. The lowest BCUT2D eigenvalue weighted by molar-refractivity contribution is 0.0694. The molecule has 0 saturated heterocycles. The highest BCUT2D eigenvalue weighted by atomic mass is 16.4. The van der Waals surface area contributed by atoms with Crippen molar-refractivity contribution in [2.24, 2.45) is 7.05 Å². The van der Waals surface area contributed by atoms with Gasteiger partial charge in [-0.3, -0.25) is 9.48 Å². The quantitative estimate of drug-likeness (QED) is 0.827. The summed E-state index contributed by atoms with van der Waals surface area (Å²) in [5.74, 6) is -0.677. The highest BCUT2D eigenvalue weighted by Crippen LogP contribution is 2.02. The Morgan fingerprint density at radius 1 is 1.50 bits per heavy atom. The third kappa shape index (κ3) is 2.29. The van der Waals surface area contributed by atoms with Crippen molar-refractivity contribution in [2.75, 3.05) is 0 Å². The van der Waals surface area contributed by atoms with Crippen LogP contribution < -0.4 is 5.43 Å². The van der Waals surface area contributed by atoms with E-state index in [1.807, 2.05) is 0 Å². The molecule has 2 aromatic heterocycles. The summed E-state index contributed by atoms with van der Waals surface area (Å²) >= 11 is 0. The number of hydrogen-bond acceptors (Lipinski definition) is 4. The lowest BCUT2D eigenvalue weighted by atomic mass is 10.2. The predicted octanol–water partition coefficient (Wildman–Crippen LogP) is 0.0317. The molecule has 94 valence electrons. The van der Waals surface area contributed by atoms with Gasteiger partial charge in [-0.1, -0.05) is 0 Å². The van der Waals surface area contributed by atoms with Crippen LogP contribution in [0.25, 0.3) is 0 Å². The van der Waals surface area contributed by atoms with Crippen LogP contribution in [0, 0.1) is 6.92 Å². The van der Waals surface area contributed by atoms with Gasteiger partial charge >= 0.3 is 5.97 Å². The summed E-state index contributed by atoms with van der Waals surface area (Å²) in [4.78, 5) is 26.4. The molecule has 0 aliphatic heterocycles. The third-order valence-electron chi connectivity index (χ3n) is 2.53. The second kappa shape index (κ2) is 4.44. The van der Waals surface area contributed by atoms with Gasteiger partial charge in [0.25, 0.3) is 0 Å². The van der Waals surface area contributed by atoms with Gasteiger partial charge < -0.3 is 9.67 Å². The predicted molar refractivity (Wildman–Crippen MR) is 62.5 cm³/mol. The van der Waals surface area contributed by atoms with E-state index in [4.69, 9.17) is 5.11 Å². The maximum atomic E-state index is 11.5. The number of hydrogen-bond donors (Lipinski definition) is 1. The molecule has 2 aromatic rings. The van der Waals surface area contributed by atoms with Crippen molar-refractivity contribution in [3.63, 3.8) is 0 Å². The van der Waals surface area contributed by atoms with Crippen LogP contribution in [0.15, 0.2) is 23.4 Å². The van der Waals surface area contributed by atoms with Gasteiger partial charge in [-0.05, 0) is 6.92 Å². The highest BCUT2D eigenvalue weighted by molar-refractivity contribution is 5.87. The van der Waals surface area contributed by atoms with Crippen molar-refractivity contribution in [2.45, 2.75) is 13.5 Å². The number of aromatic carboxylic acids is 1. The van der Waals surface area contributed by atoms with Crippen LogP contribution in [-0.2, 0) is 13.6 Å². The van der Waals surface area contributed by atoms with Crippen LogP contribution in [-0.4, -0.2) is 30.4 Å². The van der Waals surface area contributed by atoms with Gasteiger partial charge in [0.05, 0.1) is 6.54 Å². The van der Waals surface area contributed by atoms with Crippen LogP contribution in [0.5, 0.6) is 0 Å². The molecule has 2 heterocycles. The third-order valence-corrected chi connectivity index (χ3v) is 2.53. The minimum Gasteiger partial charge on any atom is -0.477 e. The van der Waals surface area contributed by atoms with Gasteiger partial charge in [-0.2, -0.15) is 5.10 Å². The fraction of sp³-hybridized carbons (Fsp3) is 0.273. The first-order valence-electron chi connectivity index (χ1n) is 5.26. The summed E-state index contributed by atoms with van der Waals surface area (Å²) in [6.45, 7) is 2.06. The largest absolute Gasteiger partial charge is 0.477 e. The van der Waals surface area contributed by atoms with Crippen LogP contribution in [0.1, 0.15) is 21.9 Å². The van der Waals surface area contributed by atoms with Crippen molar-refractivity contribution < 1.29 is 9.90 Å². The van der Waals surface area contributed by atoms with Crippen molar-refractivity contribution in [3.05, 3.63) is 45.9 Å². The number of carboxylic acids is 1. The molecule has 0 bridgehead atoms.